The second-order valence-corrected chi connectivity index (χ2v) is 15.9. The fraction of sp³-hybridized carbons (Fsp3) is 0.268. The van der Waals surface area contributed by atoms with Gasteiger partial charge in [0.2, 0.25) is 17.3 Å². The molecule has 6 aromatic heterocycles. The van der Waals surface area contributed by atoms with Crippen LogP contribution < -0.4 is 33.7 Å². The Bertz CT molecular complexity index is 3310. The van der Waals surface area contributed by atoms with Crippen molar-refractivity contribution in [1.82, 2.24) is 48.2 Å². The molecule has 2 saturated carbocycles. The maximum Gasteiger partial charge on any atom is 0.437 e. The summed E-state index contributed by atoms with van der Waals surface area (Å²) in [5, 5.41) is 9.94. The smallest absolute Gasteiger partial charge is 0.390 e. The molecule has 0 amide bonds. The number of nitrogens with one attached hydrogen (secondary N) is 1. The van der Waals surface area contributed by atoms with Crippen molar-refractivity contribution in [2.75, 3.05) is 0 Å². The van der Waals surface area contributed by atoms with E-state index >= 15 is 0 Å². The summed E-state index contributed by atoms with van der Waals surface area (Å²) in [7, 11) is 1.51. The predicted octanol–water partition coefficient (Wildman–Crippen LogP) is 4.12. The van der Waals surface area contributed by atoms with E-state index < -0.39 is 28.2 Å². The molecule has 6 heterocycles. The SMILES string of the molecule is Cn1c(=O)ccc2ncn(Cc3nn(C4CC(c5ccc(Cl)cc5)C4)c(=O)o3)c(=O)c21.O=c1ccc2ncn(Cc3nn(C4CC(c5ccc(Cl)cc5)C4)c(=O)o3)c(=O)c2[nH]1. The van der Waals surface area contributed by atoms with Gasteiger partial charge < -0.3 is 18.4 Å². The van der Waals surface area contributed by atoms with Crippen LogP contribution in [0.5, 0.6) is 0 Å². The van der Waals surface area contributed by atoms with Crippen molar-refractivity contribution in [2.45, 2.75) is 62.7 Å². The average Bonchev–Trinajstić information content (AvgIpc) is 3.75. The van der Waals surface area contributed by atoms with E-state index in [0.29, 0.717) is 32.9 Å². The normalized spacial score (nSPS) is 18.3. The molecule has 0 unspecified atom stereocenters. The molecule has 1 N–H and O–H groups in total. The van der Waals surface area contributed by atoms with Crippen molar-refractivity contribution in [1.29, 1.82) is 0 Å². The Balaban J connectivity index is 0.000000156. The van der Waals surface area contributed by atoms with E-state index in [1.807, 2.05) is 48.5 Å². The third-order valence-corrected chi connectivity index (χ3v) is 11.7. The van der Waals surface area contributed by atoms with Crippen molar-refractivity contribution in [2.24, 2.45) is 7.05 Å². The third kappa shape index (κ3) is 7.82. The second-order valence-electron chi connectivity index (χ2n) is 15.1. The first kappa shape index (κ1) is 39.5. The van der Waals surface area contributed by atoms with Gasteiger partial charge in [-0.1, -0.05) is 47.5 Å². The van der Waals surface area contributed by atoms with Gasteiger partial charge >= 0.3 is 11.5 Å². The van der Waals surface area contributed by atoms with Crippen LogP contribution in [0.3, 0.4) is 0 Å². The van der Waals surface area contributed by atoms with Crippen molar-refractivity contribution in [3.8, 4) is 0 Å². The summed E-state index contributed by atoms with van der Waals surface area (Å²) in [4.78, 5) is 84.2. The number of hydrogen-bond donors (Lipinski definition) is 1. The zero-order valence-electron chi connectivity index (χ0n) is 32.2. The molecular weight excluding hydrogens is 831 g/mol. The molecule has 0 bridgehead atoms. The van der Waals surface area contributed by atoms with Gasteiger partial charge in [-0.3, -0.25) is 28.3 Å². The van der Waals surface area contributed by atoms with E-state index in [-0.39, 0.29) is 53.5 Å². The van der Waals surface area contributed by atoms with Gasteiger partial charge in [0, 0.05) is 29.2 Å². The minimum absolute atomic E-state index is 0.0551. The first-order valence-corrected chi connectivity index (χ1v) is 20.0. The van der Waals surface area contributed by atoms with Gasteiger partial charge in [-0.25, -0.2) is 19.6 Å². The Morgan fingerprint density at radius 2 is 1.10 bits per heavy atom. The van der Waals surface area contributed by atoms with Crippen molar-refractivity contribution in [3.05, 3.63) is 181 Å². The van der Waals surface area contributed by atoms with Gasteiger partial charge in [0.15, 0.2) is 0 Å². The number of benzene rings is 2. The molecular formula is C41H34Cl2N10O8. The Labute approximate surface area is 351 Å². The van der Waals surface area contributed by atoms with Crippen molar-refractivity contribution in [3.63, 3.8) is 0 Å². The van der Waals surface area contributed by atoms with Crippen LogP contribution in [0.25, 0.3) is 22.1 Å². The van der Waals surface area contributed by atoms with Crippen molar-refractivity contribution < 1.29 is 8.83 Å². The highest BCUT2D eigenvalue weighted by Crippen LogP contribution is 2.45. The second kappa shape index (κ2) is 15.9. The zero-order valence-corrected chi connectivity index (χ0v) is 33.7. The highest BCUT2D eigenvalue weighted by Gasteiger charge is 2.35. The molecule has 8 aromatic rings. The summed E-state index contributed by atoms with van der Waals surface area (Å²) >= 11 is 11.9. The van der Waals surface area contributed by atoms with Crippen LogP contribution in [-0.2, 0) is 20.1 Å². The lowest BCUT2D eigenvalue weighted by molar-refractivity contribution is 0.233. The van der Waals surface area contributed by atoms with Crippen LogP contribution >= 0.6 is 23.2 Å². The van der Waals surface area contributed by atoms with Gasteiger partial charge in [-0.2, -0.15) is 9.36 Å². The maximum atomic E-state index is 12.8. The summed E-state index contributed by atoms with van der Waals surface area (Å²) in [6.07, 6.45) is 5.77. The number of aryl methyl sites for hydroxylation is 1. The molecule has 310 valence electrons. The fourth-order valence-electron chi connectivity index (χ4n) is 7.72. The van der Waals surface area contributed by atoms with E-state index in [9.17, 15) is 28.8 Å². The lowest BCUT2D eigenvalue weighted by Crippen LogP contribution is -2.32. The lowest BCUT2D eigenvalue weighted by atomic mass is 9.76. The molecule has 0 radical (unpaired) electrons. The molecule has 0 saturated heterocycles. The van der Waals surface area contributed by atoms with Crippen LogP contribution in [0.15, 0.2) is 123 Å². The number of aromatic amines is 1. The van der Waals surface area contributed by atoms with E-state index in [2.05, 4.69) is 25.1 Å². The van der Waals surface area contributed by atoms with E-state index in [1.165, 1.54) is 78.2 Å². The molecule has 20 heteroatoms. The largest absolute Gasteiger partial charge is 0.437 e. The molecule has 10 rings (SSSR count). The highest BCUT2D eigenvalue weighted by molar-refractivity contribution is 6.30. The monoisotopic (exact) mass is 864 g/mol. The van der Waals surface area contributed by atoms with E-state index in [4.69, 9.17) is 32.0 Å². The molecule has 2 fully saturated rings. The van der Waals surface area contributed by atoms with E-state index in [1.54, 1.807) is 0 Å². The van der Waals surface area contributed by atoms with Gasteiger partial charge in [0.25, 0.3) is 16.7 Å². The van der Waals surface area contributed by atoms with Crippen molar-refractivity contribution >= 4 is 45.3 Å². The first-order valence-electron chi connectivity index (χ1n) is 19.2. The molecule has 18 nitrogen and oxygen atoms in total. The van der Waals surface area contributed by atoms with Gasteiger partial charge in [0.05, 0.1) is 35.8 Å². The van der Waals surface area contributed by atoms with Crippen LogP contribution in [0.4, 0.5) is 0 Å². The fourth-order valence-corrected chi connectivity index (χ4v) is 7.97. The summed E-state index contributed by atoms with van der Waals surface area (Å²) in [6.45, 7) is -0.116. The van der Waals surface area contributed by atoms with Crippen LogP contribution in [0, 0.1) is 0 Å². The standard InChI is InChI=1S/C21H18ClN5O4.C20H16ClN5O4/c1-25-18(28)7-6-16-19(25)20(29)26(11-23-16)10-17-24-27(21(30)31-17)15-8-13(9-15)12-2-4-14(22)5-3-12;21-13-3-1-11(2-4-13)12-7-14(8-12)26-20(29)30-17(24-26)9-25-10-22-15-5-6-16(27)23-18(15)19(25)28/h2-7,11,13,15H,8-10H2,1H3;1-6,10,12,14H,7-9H2,(H,23,27). The molecule has 0 aliphatic heterocycles. The van der Waals surface area contributed by atoms with Gasteiger partial charge in [-0.15, -0.1) is 10.2 Å². The number of H-pyrrole nitrogens is 1. The Morgan fingerprint density at radius 1 is 0.623 bits per heavy atom. The molecule has 2 aromatic carbocycles. The van der Waals surface area contributed by atoms with Gasteiger partial charge in [0.1, 0.15) is 24.1 Å². The molecule has 0 atom stereocenters. The van der Waals surface area contributed by atoms with E-state index in [0.717, 1.165) is 25.7 Å². The minimum Gasteiger partial charge on any atom is -0.390 e. The summed E-state index contributed by atoms with van der Waals surface area (Å²) < 4.78 is 17.0. The van der Waals surface area contributed by atoms with Crippen LogP contribution in [0.1, 0.15) is 72.5 Å². The number of aromatic nitrogens is 10. The number of pyridine rings is 2. The molecule has 0 spiro atoms. The Hall–Kier alpha value is -6.92. The number of nitrogens with zero attached hydrogens (tertiary/aromatic N) is 9. The maximum absolute atomic E-state index is 12.8. The Morgan fingerprint density at radius 3 is 1.62 bits per heavy atom. The number of rotatable bonds is 8. The lowest BCUT2D eigenvalue weighted by Gasteiger charge is -2.34. The molecule has 2 aliphatic carbocycles. The number of fused-ring (bicyclic) bond motifs is 2. The summed E-state index contributed by atoms with van der Waals surface area (Å²) in [5.74, 6) is -0.213. The molecule has 2 aliphatic rings. The minimum atomic E-state index is -0.556. The highest BCUT2D eigenvalue weighted by atomic mass is 35.5. The zero-order chi connectivity index (χ0) is 42.5. The average molecular weight is 866 g/mol. The van der Waals surface area contributed by atoms with Crippen LogP contribution in [-0.4, -0.2) is 48.2 Å². The first-order chi connectivity index (χ1) is 29.4. The van der Waals surface area contributed by atoms with Gasteiger partial charge in [-0.05, 0) is 85.0 Å². The third-order valence-electron chi connectivity index (χ3n) is 11.2. The number of hydrogen-bond acceptors (Lipinski definition) is 12. The quantitative estimate of drug-likeness (QED) is 0.228. The number of halogens is 2. The summed E-state index contributed by atoms with van der Waals surface area (Å²) in [5.41, 5.74) is 1.87. The topological polar surface area (TPSA) is 221 Å². The predicted molar refractivity (Wildman–Crippen MR) is 223 cm³/mol. The summed E-state index contributed by atoms with van der Waals surface area (Å²) in [6, 6.07) is 20.9. The van der Waals surface area contributed by atoms with Crippen LogP contribution in [0.2, 0.25) is 10.0 Å². The Kier molecular flexibility index (Phi) is 10.3. The molecule has 61 heavy (non-hydrogen) atoms.